The zero-order valence-electron chi connectivity index (χ0n) is 16.4. The van der Waals surface area contributed by atoms with E-state index in [9.17, 15) is 14.4 Å². The van der Waals surface area contributed by atoms with E-state index in [0.717, 1.165) is 28.4 Å². The molecule has 1 heterocycles. The molecule has 2 N–H and O–H groups in total. The third-order valence-electron chi connectivity index (χ3n) is 5.26. The SMILES string of the molecule is COC(=O)CNC(=O)c1ccc([C@@H]2C[C@H]2C(=O)Nc2ccc3cnccc3c2)cc1. The first-order chi connectivity index (χ1) is 14.5. The second kappa shape index (κ2) is 8.32. The maximum atomic E-state index is 12.6. The van der Waals surface area contributed by atoms with Gasteiger partial charge in [0.1, 0.15) is 6.54 Å². The fraction of sp³-hybridized carbons (Fsp3) is 0.217. The summed E-state index contributed by atoms with van der Waals surface area (Å²) in [5, 5.41) is 7.54. The average molecular weight is 403 g/mol. The van der Waals surface area contributed by atoms with Gasteiger partial charge in [0.05, 0.1) is 7.11 Å². The molecular weight excluding hydrogens is 382 g/mol. The number of carbonyl (C=O) groups is 3. The molecule has 0 radical (unpaired) electrons. The van der Waals surface area contributed by atoms with Crippen LogP contribution in [-0.2, 0) is 14.3 Å². The summed E-state index contributed by atoms with van der Waals surface area (Å²) in [5.74, 6) is -0.800. The zero-order valence-corrected chi connectivity index (χ0v) is 16.4. The molecule has 0 saturated heterocycles. The van der Waals surface area contributed by atoms with E-state index in [1.165, 1.54) is 7.11 Å². The summed E-state index contributed by atoms with van der Waals surface area (Å²) in [6.45, 7) is -0.173. The molecule has 3 aromatic rings. The summed E-state index contributed by atoms with van der Waals surface area (Å²) >= 11 is 0. The van der Waals surface area contributed by atoms with Crippen molar-refractivity contribution in [3.8, 4) is 0 Å². The van der Waals surface area contributed by atoms with Gasteiger partial charge in [-0.25, -0.2) is 0 Å². The third kappa shape index (κ3) is 4.30. The van der Waals surface area contributed by atoms with Gasteiger partial charge in [0.25, 0.3) is 5.91 Å². The van der Waals surface area contributed by atoms with Crippen LogP contribution < -0.4 is 10.6 Å². The van der Waals surface area contributed by atoms with E-state index in [4.69, 9.17) is 0 Å². The number of esters is 1. The van der Waals surface area contributed by atoms with Crippen molar-refractivity contribution in [2.24, 2.45) is 5.92 Å². The number of anilines is 1. The van der Waals surface area contributed by atoms with Gasteiger partial charge in [0, 0.05) is 34.9 Å². The first kappa shape index (κ1) is 19.6. The highest BCUT2D eigenvalue weighted by molar-refractivity contribution is 5.98. The molecule has 0 bridgehead atoms. The van der Waals surface area contributed by atoms with Crippen molar-refractivity contribution >= 4 is 34.2 Å². The lowest BCUT2D eigenvalue weighted by Crippen LogP contribution is -2.30. The molecule has 1 saturated carbocycles. The van der Waals surface area contributed by atoms with Gasteiger partial charge in [-0.3, -0.25) is 19.4 Å². The van der Waals surface area contributed by atoms with E-state index in [1.807, 2.05) is 36.4 Å². The van der Waals surface area contributed by atoms with Crippen LogP contribution in [0.5, 0.6) is 0 Å². The molecule has 7 nitrogen and oxygen atoms in total. The molecule has 2 atom stereocenters. The number of pyridine rings is 1. The van der Waals surface area contributed by atoms with Crippen molar-refractivity contribution < 1.29 is 19.1 Å². The van der Waals surface area contributed by atoms with Crippen molar-refractivity contribution in [3.63, 3.8) is 0 Å². The fourth-order valence-corrected chi connectivity index (χ4v) is 3.46. The average Bonchev–Trinajstić information content (AvgIpc) is 3.58. The van der Waals surface area contributed by atoms with E-state index in [2.05, 4.69) is 20.4 Å². The summed E-state index contributed by atoms with van der Waals surface area (Å²) in [5.41, 5.74) is 2.24. The summed E-state index contributed by atoms with van der Waals surface area (Å²) < 4.78 is 4.50. The molecular formula is C23H21N3O4. The molecule has 0 unspecified atom stereocenters. The summed E-state index contributed by atoms with van der Waals surface area (Å²) in [6.07, 6.45) is 4.29. The number of aromatic nitrogens is 1. The monoisotopic (exact) mass is 403 g/mol. The largest absolute Gasteiger partial charge is 0.468 e. The van der Waals surface area contributed by atoms with Crippen LogP contribution in [0.2, 0.25) is 0 Å². The lowest BCUT2D eigenvalue weighted by atomic mass is 10.1. The molecule has 1 aliphatic carbocycles. The molecule has 0 spiro atoms. The molecule has 0 aliphatic heterocycles. The Hall–Kier alpha value is -3.74. The molecule has 2 aromatic carbocycles. The normalized spacial score (nSPS) is 17.2. The molecule has 30 heavy (non-hydrogen) atoms. The second-order valence-corrected chi connectivity index (χ2v) is 7.26. The van der Waals surface area contributed by atoms with Gasteiger partial charge >= 0.3 is 5.97 Å². The lowest BCUT2D eigenvalue weighted by molar-refractivity contribution is -0.139. The van der Waals surface area contributed by atoms with Crippen molar-refractivity contribution in [2.45, 2.75) is 12.3 Å². The second-order valence-electron chi connectivity index (χ2n) is 7.26. The van der Waals surface area contributed by atoms with Gasteiger partial charge < -0.3 is 15.4 Å². The van der Waals surface area contributed by atoms with Crippen LogP contribution in [0.3, 0.4) is 0 Å². The van der Waals surface area contributed by atoms with E-state index < -0.39 is 5.97 Å². The van der Waals surface area contributed by atoms with Crippen LogP contribution in [0.1, 0.15) is 28.3 Å². The van der Waals surface area contributed by atoms with E-state index in [0.29, 0.717) is 5.56 Å². The summed E-state index contributed by atoms with van der Waals surface area (Å²) in [7, 11) is 1.27. The number of amides is 2. The zero-order chi connectivity index (χ0) is 21.1. The van der Waals surface area contributed by atoms with Gasteiger partial charge in [-0.15, -0.1) is 0 Å². The first-order valence-corrected chi connectivity index (χ1v) is 9.65. The quantitative estimate of drug-likeness (QED) is 0.617. The Kier molecular flexibility index (Phi) is 5.43. The van der Waals surface area contributed by atoms with Crippen LogP contribution in [0.15, 0.2) is 60.9 Å². The van der Waals surface area contributed by atoms with E-state index >= 15 is 0 Å². The molecule has 7 heteroatoms. The molecule has 4 rings (SSSR count). The van der Waals surface area contributed by atoms with Crippen LogP contribution in [-0.4, -0.2) is 36.4 Å². The fourth-order valence-electron chi connectivity index (χ4n) is 3.46. The number of carbonyl (C=O) groups excluding carboxylic acids is 3. The van der Waals surface area contributed by atoms with E-state index in [-0.39, 0.29) is 30.2 Å². The van der Waals surface area contributed by atoms with E-state index in [1.54, 1.807) is 24.5 Å². The molecule has 1 fully saturated rings. The first-order valence-electron chi connectivity index (χ1n) is 9.65. The highest BCUT2D eigenvalue weighted by atomic mass is 16.5. The van der Waals surface area contributed by atoms with Gasteiger partial charge in [0.15, 0.2) is 0 Å². The number of rotatable bonds is 6. The van der Waals surface area contributed by atoms with Crippen LogP contribution in [0.4, 0.5) is 5.69 Å². The molecule has 2 amide bonds. The summed E-state index contributed by atoms with van der Waals surface area (Å²) in [4.78, 5) is 39.9. The predicted molar refractivity (Wildman–Crippen MR) is 112 cm³/mol. The molecule has 1 aromatic heterocycles. The van der Waals surface area contributed by atoms with Crippen molar-refractivity contribution in [1.82, 2.24) is 10.3 Å². The number of hydrogen-bond acceptors (Lipinski definition) is 5. The highest BCUT2D eigenvalue weighted by Crippen LogP contribution is 2.48. The van der Waals surface area contributed by atoms with Crippen molar-refractivity contribution in [2.75, 3.05) is 19.0 Å². The Morgan fingerprint density at radius 1 is 1.07 bits per heavy atom. The van der Waals surface area contributed by atoms with Crippen molar-refractivity contribution in [1.29, 1.82) is 0 Å². The number of hydrogen-bond donors (Lipinski definition) is 2. The maximum absolute atomic E-state index is 12.6. The maximum Gasteiger partial charge on any atom is 0.325 e. The standard InChI is InChI=1S/C23H21N3O4/c1-30-21(27)13-25-22(28)15-4-2-14(3-5-15)19-11-20(19)23(29)26-18-7-6-17-12-24-9-8-16(17)10-18/h2-10,12,19-20H,11,13H2,1H3,(H,25,28)(H,26,29)/t19-,20+/m0/s1. The number of nitrogens with zero attached hydrogens (tertiary/aromatic N) is 1. The number of methoxy groups -OCH3 is 1. The Morgan fingerprint density at radius 2 is 1.87 bits per heavy atom. The number of benzene rings is 2. The van der Waals surface area contributed by atoms with Gasteiger partial charge in [-0.05, 0) is 53.6 Å². The minimum absolute atomic E-state index is 0.00620. The van der Waals surface area contributed by atoms with Crippen molar-refractivity contribution in [3.05, 3.63) is 72.1 Å². The van der Waals surface area contributed by atoms with Crippen LogP contribution in [0.25, 0.3) is 10.8 Å². The predicted octanol–water partition coefficient (Wildman–Crippen LogP) is 2.88. The molecule has 1 aliphatic rings. The molecule has 152 valence electrons. The Morgan fingerprint density at radius 3 is 2.63 bits per heavy atom. The number of nitrogens with one attached hydrogen (secondary N) is 2. The minimum Gasteiger partial charge on any atom is -0.468 e. The van der Waals surface area contributed by atoms with Gasteiger partial charge in [0.2, 0.25) is 5.91 Å². The number of ether oxygens (including phenoxy) is 1. The topological polar surface area (TPSA) is 97.4 Å². The summed E-state index contributed by atoms with van der Waals surface area (Å²) in [6, 6.07) is 14.8. The smallest absolute Gasteiger partial charge is 0.325 e. The Balaban J connectivity index is 1.34. The minimum atomic E-state index is -0.505. The Labute approximate surface area is 173 Å². The lowest BCUT2D eigenvalue weighted by Gasteiger charge is -2.07. The highest BCUT2D eigenvalue weighted by Gasteiger charge is 2.43. The Bertz CT molecular complexity index is 1110. The third-order valence-corrected chi connectivity index (χ3v) is 5.26. The van der Waals surface area contributed by atoms with Gasteiger partial charge in [-0.1, -0.05) is 18.2 Å². The van der Waals surface area contributed by atoms with Crippen LogP contribution >= 0.6 is 0 Å². The number of fused-ring (bicyclic) bond motifs is 1. The van der Waals surface area contributed by atoms with Crippen LogP contribution in [0, 0.1) is 5.92 Å². The van der Waals surface area contributed by atoms with Gasteiger partial charge in [-0.2, -0.15) is 0 Å².